The van der Waals surface area contributed by atoms with E-state index in [0.29, 0.717) is 44.3 Å². The Morgan fingerprint density at radius 2 is 1.79 bits per heavy atom. The van der Waals surface area contributed by atoms with Crippen molar-refractivity contribution in [2.75, 3.05) is 17.9 Å². The molecule has 2 fully saturated rings. The number of rotatable bonds is 5. The summed E-state index contributed by atoms with van der Waals surface area (Å²) >= 11 is 0. The fraction of sp³-hybridized carbons (Fsp3) is 0.600. The molecule has 3 aliphatic rings. The van der Waals surface area contributed by atoms with Gasteiger partial charge in [0.15, 0.2) is 0 Å². The van der Waals surface area contributed by atoms with Crippen LogP contribution in [-0.4, -0.2) is 73.9 Å². The summed E-state index contributed by atoms with van der Waals surface area (Å²) in [6.07, 6.45) is 7.71. The van der Waals surface area contributed by atoms with E-state index >= 15 is 0 Å². The van der Waals surface area contributed by atoms with Crippen LogP contribution < -0.4 is 19.7 Å². The molecule has 1 aliphatic carbocycles. The van der Waals surface area contributed by atoms with Gasteiger partial charge in [0, 0.05) is 19.5 Å². The number of hydrogen-bond acceptors (Lipinski definition) is 7. The van der Waals surface area contributed by atoms with Gasteiger partial charge >= 0.3 is 16.3 Å². The van der Waals surface area contributed by atoms with Gasteiger partial charge in [0.1, 0.15) is 23.2 Å². The predicted octanol–water partition coefficient (Wildman–Crippen LogP) is 2.76. The lowest BCUT2D eigenvalue weighted by Crippen LogP contribution is -2.59. The highest BCUT2D eigenvalue weighted by atomic mass is 32.2. The summed E-state index contributed by atoms with van der Waals surface area (Å²) < 4.78 is 34.8. The first-order chi connectivity index (χ1) is 20.2. The molecule has 236 valence electrons. The quantitative estimate of drug-likeness (QED) is 0.430. The maximum absolute atomic E-state index is 13.7. The standard InChI is InChI=1S/C30H43N5O7S/c1-29(2,3)42-28(39)31-23-17-12-7-5-6-9-14-21-20-30(21,32-25(36)24-18-13-19-35(24)26(23)37)27(38)33-43(40,41)34(4)22-15-10-8-11-16-22/h8-11,14-16,21,23-24H,5-7,12-13,17-20H2,1-4H3,(H,31,39)(H,32,36)(H,33,38)/b14-9-/t21-,23-,24-,30+/m0/s1. The molecule has 1 aromatic rings. The fourth-order valence-corrected chi connectivity index (χ4v) is 6.55. The number of alkyl carbamates (subject to hydrolysis) is 1. The highest BCUT2D eigenvalue weighted by Gasteiger charge is 2.61. The molecule has 0 spiro atoms. The Morgan fingerprint density at radius 3 is 2.49 bits per heavy atom. The fourth-order valence-electron chi connectivity index (χ4n) is 5.60. The van der Waals surface area contributed by atoms with Crippen LogP contribution in [0.5, 0.6) is 0 Å². The van der Waals surface area contributed by atoms with Crippen LogP contribution in [0.3, 0.4) is 0 Å². The van der Waals surface area contributed by atoms with Gasteiger partial charge in [-0.05, 0) is 71.4 Å². The van der Waals surface area contributed by atoms with Gasteiger partial charge in [-0.3, -0.25) is 18.7 Å². The lowest BCUT2D eigenvalue weighted by molar-refractivity contribution is -0.141. The number of hydrogen-bond donors (Lipinski definition) is 3. The average molecular weight is 618 g/mol. The first-order valence-electron chi connectivity index (χ1n) is 14.9. The van der Waals surface area contributed by atoms with Crippen molar-refractivity contribution in [3.8, 4) is 0 Å². The average Bonchev–Trinajstić information content (AvgIpc) is 3.40. The minimum atomic E-state index is -4.27. The molecule has 3 N–H and O–H groups in total. The second kappa shape index (κ2) is 12.9. The second-order valence-corrected chi connectivity index (χ2v) is 14.2. The predicted molar refractivity (Wildman–Crippen MR) is 161 cm³/mol. The molecule has 1 saturated heterocycles. The number of ether oxygens (including phenoxy) is 1. The number of amides is 4. The van der Waals surface area contributed by atoms with Crippen molar-refractivity contribution in [1.29, 1.82) is 0 Å². The van der Waals surface area contributed by atoms with Gasteiger partial charge in [-0.25, -0.2) is 9.52 Å². The Labute approximate surface area is 253 Å². The van der Waals surface area contributed by atoms with Crippen molar-refractivity contribution < 1.29 is 32.3 Å². The summed E-state index contributed by atoms with van der Waals surface area (Å²) in [6, 6.07) is 6.60. The van der Waals surface area contributed by atoms with Gasteiger partial charge in [-0.2, -0.15) is 8.42 Å². The highest BCUT2D eigenvalue weighted by Crippen LogP contribution is 2.45. The lowest BCUT2D eigenvalue weighted by atomic mass is 10.0. The summed E-state index contributed by atoms with van der Waals surface area (Å²) in [6.45, 7) is 5.53. The van der Waals surface area contributed by atoms with Crippen LogP contribution in [0.25, 0.3) is 0 Å². The van der Waals surface area contributed by atoms with Crippen molar-refractivity contribution >= 4 is 39.7 Å². The minimum absolute atomic E-state index is 0.231. The van der Waals surface area contributed by atoms with Crippen LogP contribution in [0, 0.1) is 5.92 Å². The Bertz CT molecular complexity index is 1340. The first-order valence-corrected chi connectivity index (χ1v) is 16.3. The molecule has 43 heavy (non-hydrogen) atoms. The van der Waals surface area contributed by atoms with E-state index in [4.69, 9.17) is 4.74 Å². The molecule has 0 radical (unpaired) electrons. The van der Waals surface area contributed by atoms with Gasteiger partial charge in [0.25, 0.3) is 5.91 Å². The van der Waals surface area contributed by atoms with E-state index in [0.717, 1.165) is 17.1 Å². The number of nitrogens with zero attached hydrogens (tertiary/aromatic N) is 2. The number of allylic oxidation sites excluding steroid dienone is 1. The zero-order valence-corrected chi connectivity index (χ0v) is 26.1. The van der Waals surface area contributed by atoms with Crippen LogP contribution in [-0.2, 0) is 29.3 Å². The van der Waals surface area contributed by atoms with E-state index in [-0.39, 0.29) is 12.3 Å². The van der Waals surface area contributed by atoms with Crippen molar-refractivity contribution in [3.05, 3.63) is 42.5 Å². The largest absolute Gasteiger partial charge is 0.444 e. The smallest absolute Gasteiger partial charge is 0.408 e. The van der Waals surface area contributed by atoms with E-state index in [1.54, 1.807) is 51.1 Å². The molecule has 0 aromatic heterocycles. The molecule has 4 amide bonds. The molecule has 1 aromatic carbocycles. The molecule has 12 nitrogen and oxygen atoms in total. The molecular formula is C30H43N5O7S. The van der Waals surface area contributed by atoms with Gasteiger partial charge in [-0.15, -0.1) is 0 Å². The third kappa shape index (κ3) is 7.87. The molecule has 2 aliphatic heterocycles. The molecule has 1 saturated carbocycles. The van der Waals surface area contributed by atoms with Gasteiger partial charge in [0.05, 0.1) is 5.69 Å². The Kier molecular flexibility index (Phi) is 9.73. The third-order valence-corrected chi connectivity index (χ3v) is 9.40. The summed E-state index contributed by atoms with van der Waals surface area (Å²) in [7, 11) is -2.93. The lowest BCUT2D eigenvalue weighted by Gasteiger charge is -2.30. The topological polar surface area (TPSA) is 154 Å². The van der Waals surface area contributed by atoms with Crippen molar-refractivity contribution in [1.82, 2.24) is 20.3 Å². The van der Waals surface area contributed by atoms with E-state index in [9.17, 15) is 27.6 Å². The number of carbonyl (C=O) groups excluding carboxylic acids is 4. The van der Waals surface area contributed by atoms with Crippen LogP contribution in [0.15, 0.2) is 42.5 Å². The molecule has 4 rings (SSSR count). The van der Waals surface area contributed by atoms with Gasteiger partial charge in [-0.1, -0.05) is 43.2 Å². The van der Waals surface area contributed by atoms with Crippen LogP contribution in [0.4, 0.5) is 10.5 Å². The van der Waals surface area contributed by atoms with E-state index in [2.05, 4.69) is 15.4 Å². The number of para-hydroxylation sites is 1. The summed E-state index contributed by atoms with van der Waals surface area (Å²) in [5.74, 6) is -2.14. The molecule has 4 atom stereocenters. The molecule has 0 unspecified atom stereocenters. The third-order valence-electron chi connectivity index (χ3n) is 8.03. The highest BCUT2D eigenvalue weighted by molar-refractivity contribution is 7.91. The van der Waals surface area contributed by atoms with Crippen LogP contribution in [0.1, 0.15) is 72.1 Å². The summed E-state index contributed by atoms with van der Waals surface area (Å²) in [4.78, 5) is 55.0. The van der Waals surface area contributed by atoms with Crippen molar-refractivity contribution in [3.63, 3.8) is 0 Å². The Morgan fingerprint density at radius 1 is 1.07 bits per heavy atom. The number of fused-ring (bicyclic) bond motifs is 2. The minimum Gasteiger partial charge on any atom is -0.444 e. The van der Waals surface area contributed by atoms with Crippen LogP contribution >= 0.6 is 0 Å². The van der Waals surface area contributed by atoms with E-state index in [1.807, 2.05) is 12.2 Å². The van der Waals surface area contributed by atoms with E-state index in [1.165, 1.54) is 11.9 Å². The van der Waals surface area contributed by atoms with E-state index < -0.39 is 57.3 Å². The van der Waals surface area contributed by atoms with Crippen LogP contribution in [0.2, 0.25) is 0 Å². The molecule has 13 heteroatoms. The number of carbonyl (C=O) groups is 4. The summed E-state index contributed by atoms with van der Waals surface area (Å²) in [5, 5.41) is 5.53. The number of anilines is 1. The maximum atomic E-state index is 13.7. The molecule has 2 heterocycles. The van der Waals surface area contributed by atoms with Gasteiger partial charge < -0.3 is 20.3 Å². The Balaban J connectivity index is 1.55. The second-order valence-electron chi connectivity index (χ2n) is 12.5. The number of benzene rings is 1. The zero-order chi connectivity index (χ0) is 31.4. The SMILES string of the molecule is CN(c1ccccc1)S(=O)(=O)NC(=O)[C@@]12C[C@@H]1/C=C\CCCCC[C@H](NC(=O)OC(C)(C)C)C(=O)N1CCC[C@H]1C(=O)N2. The normalized spacial score (nSPS) is 27.3. The zero-order valence-electron chi connectivity index (χ0n) is 25.3. The maximum Gasteiger partial charge on any atom is 0.408 e. The van der Waals surface area contributed by atoms with Gasteiger partial charge in [0.2, 0.25) is 11.8 Å². The molecule has 0 bridgehead atoms. The molecular weight excluding hydrogens is 574 g/mol. The summed E-state index contributed by atoms with van der Waals surface area (Å²) in [5.41, 5.74) is -1.84. The first kappa shape index (κ1) is 32.3. The van der Waals surface area contributed by atoms with Crippen molar-refractivity contribution in [2.24, 2.45) is 5.92 Å². The monoisotopic (exact) mass is 617 g/mol. The number of nitrogens with one attached hydrogen (secondary N) is 3. The van der Waals surface area contributed by atoms with Crippen molar-refractivity contribution in [2.45, 2.75) is 95.4 Å². The Hall–Kier alpha value is -3.61.